The van der Waals surface area contributed by atoms with E-state index in [2.05, 4.69) is 9.97 Å². The molecule has 1 aromatic heterocycles. The highest BCUT2D eigenvalue weighted by molar-refractivity contribution is 14.1. The molecule has 1 heterocycles. The van der Waals surface area contributed by atoms with Gasteiger partial charge in [0.25, 0.3) is 5.56 Å². The van der Waals surface area contributed by atoms with Crippen LogP contribution in [0.1, 0.15) is 11.5 Å². The third kappa shape index (κ3) is 2.96. The first-order valence-corrected chi connectivity index (χ1v) is 4.69. The fraction of sp³-hybridized carbons (Fsp3) is 0.429. The third-order valence-corrected chi connectivity index (χ3v) is 2.72. The second-order valence-electron chi connectivity index (χ2n) is 2.70. The van der Waals surface area contributed by atoms with Crippen molar-refractivity contribution in [1.29, 1.82) is 0 Å². The molecule has 3 nitrogen and oxygen atoms in total. The number of alkyl halides is 3. The third-order valence-electron chi connectivity index (χ3n) is 1.45. The van der Waals surface area contributed by atoms with Crippen molar-refractivity contribution in [2.75, 3.05) is 0 Å². The number of H-pyrrole nitrogens is 1. The number of hydrogen-bond acceptors (Lipinski definition) is 2. The van der Waals surface area contributed by atoms with Crippen LogP contribution in [0.5, 0.6) is 0 Å². The van der Waals surface area contributed by atoms with Gasteiger partial charge in [0.05, 0.1) is 9.26 Å². The normalized spacial score (nSPS) is 11.8. The monoisotopic (exact) mass is 318 g/mol. The first-order chi connectivity index (χ1) is 6.29. The quantitative estimate of drug-likeness (QED) is 0.803. The number of aryl methyl sites for hydroxylation is 1. The van der Waals surface area contributed by atoms with E-state index in [9.17, 15) is 18.0 Å². The van der Waals surface area contributed by atoms with Gasteiger partial charge in [0, 0.05) is 0 Å². The van der Waals surface area contributed by atoms with Crippen molar-refractivity contribution in [1.82, 2.24) is 9.97 Å². The Bertz CT molecular complexity index is 399. The molecule has 78 valence electrons. The second-order valence-corrected chi connectivity index (χ2v) is 3.78. The van der Waals surface area contributed by atoms with Crippen molar-refractivity contribution in [3.05, 3.63) is 25.4 Å². The van der Waals surface area contributed by atoms with Crippen molar-refractivity contribution in [3.63, 3.8) is 0 Å². The highest BCUT2D eigenvalue weighted by Gasteiger charge is 2.29. The number of aromatic nitrogens is 2. The Morgan fingerprint density at radius 1 is 1.50 bits per heavy atom. The van der Waals surface area contributed by atoms with Crippen molar-refractivity contribution in [2.24, 2.45) is 0 Å². The number of halogens is 4. The largest absolute Gasteiger partial charge is 0.396 e. The summed E-state index contributed by atoms with van der Waals surface area (Å²) in [4.78, 5) is 16.8. The molecule has 0 amide bonds. The molecule has 14 heavy (non-hydrogen) atoms. The predicted molar refractivity (Wildman–Crippen MR) is 52.1 cm³/mol. The van der Waals surface area contributed by atoms with Gasteiger partial charge in [0.15, 0.2) is 0 Å². The number of nitrogens with zero attached hydrogens (tertiary/aromatic N) is 1. The lowest BCUT2D eigenvalue weighted by molar-refractivity contribution is -0.128. The lowest BCUT2D eigenvalue weighted by atomic mass is 10.3. The molecule has 1 rings (SSSR count). The smallest absolute Gasteiger partial charge is 0.309 e. The first-order valence-electron chi connectivity index (χ1n) is 3.61. The summed E-state index contributed by atoms with van der Waals surface area (Å²) in [7, 11) is 0. The maximum absolute atomic E-state index is 11.9. The maximum atomic E-state index is 11.9. The average Bonchev–Trinajstić information content (AvgIpc) is 1.96. The molecular weight excluding hydrogens is 312 g/mol. The van der Waals surface area contributed by atoms with Gasteiger partial charge in [0.1, 0.15) is 12.2 Å². The van der Waals surface area contributed by atoms with Crippen LogP contribution in [-0.4, -0.2) is 16.1 Å². The van der Waals surface area contributed by atoms with Gasteiger partial charge in [-0.1, -0.05) is 0 Å². The first kappa shape index (κ1) is 11.5. The van der Waals surface area contributed by atoms with E-state index >= 15 is 0 Å². The van der Waals surface area contributed by atoms with Crippen molar-refractivity contribution in [2.45, 2.75) is 19.5 Å². The molecule has 0 saturated carbocycles. The lowest BCUT2D eigenvalue weighted by Crippen LogP contribution is -2.21. The van der Waals surface area contributed by atoms with Crippen molar-refractivity contribution in [3.8, 4) is 0 Å². The van der Waals surface area contributed by atoms with Gasteiger partial charge in [-0.15, -0.1) is 0 Å². The minimum atomic E-state index is -4.35. The summed E-state index contributed by atoms with van der Waals surface area (Å²) in [6.07, 6.45) is -5.56. The Morgan fingerprint density at radius 3 is 2.50 bits per heavy atom. The average molecular weight is 318 g/mol. The summed E-state index contributed by atoms with van der Waals surface area (Å²) in [6, 6.07) is 0. The van der Waals surface area contributed by atoms with Crippen LogP contribution in [0.3, 0.4) is 0 Å². The fourth-order valence-corrected chi connectivity index (χ4v) is 1.16. The van der Waals surface area contributed by atoms with Gasteiger partial charge in [-0.3, -0.25) is 4.79 Å². The van der Waals surface area contributed by atoms with E-state index in [1.165, 1.54) is 6.92 Å². The van der Waals surface area contributed by atoms with Crippen LogP contribution in [0, 0.1) is 10.5 Å². The van der Waals surface area contributed by atoms with Crippen LogP contribution >= 0.6 is 22.6 Å². The van der Waals surface area contributed by atoms with Gasteiger partial charge in [-0.2, -0.15) is 13.2 Å². The van der Waals surface area contributed by atoms with Crippen LogP contribution in [0.25, 0.3) is 0 Å². The van der Waals surface area contributed by atoms with Gasteiger partial charge in [0.2, 0.25) is 0 Å². The minimum Gasteiger partial charge on any atom is -0.309 e. The summed E-state index contributed by atoms with van der Waals surface area (Å²) in [5, 5.41) is 0. The number of aromatic amines is 1. The molecule has 0 aliphatic carbocycles. The molecule has 7 heteroatoms. The molecule has 0 spiro atoms. The maximum Gasteiger partial charge on any atom is 0.396 e. The fourth-order valence-electron chi connectivity index (χ4n) is 0.903. The number of rotatable bonds is 1. The molecule has 0 unspecified atom stereocenters. The van der Waals surface area contributed by atoms with E-state index in [0.717, 1.165) is 0 Å². The summed E-state index contributed by atoms with van der Waals surface area (Å²) in [5.74, 6) is -0.347. The summed E-state index contributed by atoms with van der Waals surface area (Å²) in [6.45, 7) is 1.50. The van der Waals surface area contributed by atoms with Crippen LogP contribution in [-0.2, 0) is 6.42 Å². The van der Waals surface area contributed by atoms with Gasteiger partial charge in [-0.25, -0.2) is 4.98 Å². The van der Waals surface area contributed by atoms with E-state index in [1.807, 2.05) is 0 Å². The zero-order valence-electron chi connectivity index (χ0n) is 7.07. The van der Waals surface area contributed by atoms with Gasteiger partial charge in [-0.05, 0) is 29.5 Å². The molecule has 0 saturated heterocycles. The Hall–Kier alpha value is -0.600. The molecule has 0 bridgehead atoms. The molecule has 0 atom stereocenters. The second kappa shape index (κ2) is 3.87. The Kier molecular flexibility index (Phi) is 3.17. The zero-order valence-corrected chi connectivity index (χ0v) is 9.23. The Morgan fingerprint density at radius 2 is 2.07 bits per heavy atom. The Balaban J connectivity index is 3.08. The summed E-state index contributed by atoms with van der Waals surface area (Å²) in [5.41, 5.74) is -0.217. The molecule has 1 aromatic rings. The molecule has 0 aliphatic heterocycles. The van der Waals surface area contributed by atoms with E-state index in [0.29, 0.717) is 9.26 Å². The summed E-state index contributed by atoms with van der Waals surface area (Å²) < 4.78 is 36.1. The standard InChI is InChI=1S/C7H6F3IN2O/c1-3-5(11)6(14)13-4(12-3)2-7(8,9)10/h2H2,1H3,(H,12,13,14). The van der Waals surface area contributed by atoms with E-state index in [4.69, 9.17) is 0 Å². The molecule has 0 aromatic carbocycles. The van der Waals surface area contributed by atoms with E-state index in [1.54, 1.807) is 22.6 Å². The molecular formula is C7H6F3IN2O. The molecule has 0 aliphatic rings. The van der Waals surface area contributed by atoms with Crippen LogP contribution < -0.4 is 5.56 Å². The topological polar surface area (TPSA) is 45.8 Å². The van der Waals surface area contributed by atoms with Crippen molar-refractivity contribution >= 4 is 22.6 Å². The van der Waals surface area contributed by atoms with E-state index < -0.39 is 18.2 Å². The molecule has 0 radical (unpaired) electrons. The summed E-state index contributed by atoms with van der Waals surface area (Å²) >= 11 is 1.74. The molecule has 1 N–H and O–H groups in total. The predicted octanol–water partition coefficient (Wildman–Crippen LogP) is 1.79. The van der Waals surface area contributed by atoms with Gasteiger partial charge < -0.3 is 4.98 Å². The zero-order chi connectivity index (χ0) is 10.9. The molecule has 0 fully saturated rings. The highest BCUT2D eigenvalue weighted by Crippen LogP contribution is 2.19. The number of nitrogens with one attached hydrogen (secondary N) is 1. The minimum absolute atomic E-state index is 0.313. The van der Waals surface area contributed by atoms with Crippen LogP contribution in [0.4, 0.5) is 13.2 Å². The van der Waals surface area contributed by atoms with Crippen molar-refractivity contribution < 1.29 is 13.2 Å². The number of hydrogen-bond donors (Lipinski definition) is 1. The van der Waals surface area contributed by atoms with Crippen LogP contribution in [0.15, 0.2) is 4.79 Å². The van der Waals surface area contributed by atoms with Gasteiger partial charge >= 0.3 is 6.18 Å². The van der Waals surface area contributed by atoms with E-state index in [-0.39, 0.29) is 5.82 Å². The van der Waals surface area contributed by atoms with Crippen LogP contribution in [0.2, 0.25) is 0 Å². The Labute approximate surface area is 90.9 Å². The lowest BCUT2D eigenvalue weighted by Gasteiger charge is -2.06. The highest BCUT2D eigenvalue weighted by atomic mass is 127. The SMILES string of the molecule is Cc1nc(CC(F)(F)F)[nH]c(=O)c1I.